The van der Waals surface area contributed by atoms with Gasteiger partial charge in [0.25, 0.3) is 6.48 Å². The minimum absolute atomic E-state index is 0.0324. The molecular formula is C26H43F3O3. The van der Waals surface area contributed by atoms with E-state index >= 15 is 0 Å². The Morgan fingerprint density at radius 2 is 1.19 bits per heavy atom. The van der Waals surface area contributed by atoms with Gasteiger partial charge in [-0.15, -0.1) is 0 Å². The van der Waals surface area contributed by atoms with Crippen molar-refractivity contribution in [3.05, 3.63) is 35.1 Å². The number of hydrogen-bond donors (Lipinski definition) is 0. The highest BCUT2D eigenvalue weighted by Gasteiger charge is 2.17. The first-order valence-electron chi connectivity index (χ1n) is 12.5. The second kappa shape index (κ2) is 18.3. The van der Waals surface area contributed by atoms with Crippen LogP contribution in [0, 0.1) is 17.5 Å². The molecule has 0 aliphatic rings. The van der Waals surface area contributed by atoms with Crippen LogP contribution in [-0.2, 0) is 20.6 Å². The van der Waals surface area contributed by atoms with Crippen LogP contribution >= 0.6 is 0 Å². The predicted octanol–water partition coefficient (Wildman–Crippen LogP) is 8.09. The summed E-state index contributed by atoms with van der Waals surface area (Å²) in [7, 11) is 0. The highest BCUT2D eigenvalue weighted by molar-refractivity contribution is 5.20. The third-order valence-corrected chi connectivity index (χ3v) is 5.60. The van der Waals surface area contributed by atoms with E-state index in [2.05, 4.69) is 6.92 Å². The van der Waals surface area contributed by atoms with Gasteiger partial charge in [0.15, 0.2) is 0 Å². The fourth-order valence-electron chi connectivity index (χ4n) is 3.83. The van der Waals surface area contributed by atoms with Gasteiger partial charge < -0.3 is 14.2 Å². The van der Waals surface area contributed by atoms with Crippen molar-refractivity contribution < 1.29 is 27.4 Å². The lowest BCUT2D eigenvalue weighted by molar-refractivity contribution is -0.302. The maximum absolute atomic E-state index is 13.8. The Bertz CT molecular complexity index is 569. The van der Waals surface area contributed by atoms with Crippen LogP contribution in [0.3, 0.4) is 0 Å². The maximum atomic E-state index is 13.8. The molecule has 1 rings (SSSR count). The van der Waals surface area contributed by atoms with Crippen molar-refractivity contribution >= 4 is 0 Å². The van der Waals surface area contributed by atoms with Crippen molar-refractivity contribution in [1.29, 1.82) is 0 Å². The molecule has 0 saturated carbocycles. The van der Waals surface area contributed by atoms with E-state index in [1.807, 2.05) is 13.8 Å². The number of hydrogen-bond acceptors (Lipinski definition) is 3. The topological polar surface area (TPSA) is 27.7 Å². The van der Waals surface area contributed by atoms with Gasteiger partial charge in [-0.2, -0.15) is 0 Å². The van der Waals surface area contributed by atoms with Crippen molar-refractivity contribution in [2.45, 2.75) is 117 Å². The summed E-state index contributed by atoms with van der Waals surface area (Å²) >= 11 is 0. The van der Waals surface area contributed by atoms with Gasteiger partial charge in [0.05, 0.1) is 6.10 Å². The quantitative estimate of drug-likeness (QED) is 0.145. The fraction of sp³-hybridized carbons (Fsp3) is 0.769. The molecule has 3 nitrogen and oxygen atoms in total. The van der Waals surface area contributed by atoms with Gasteiger partial charge in [0, 0.05) is 30.9 Å². The summed E-state index contributed by atoms with van der Waals surface area (Å²) < 4.78 is 57.8. The van der Waals surface area contributed by atoms with Gasteiger partial charge in [-0.3, -0.25) is 0 Å². The van der Waals surface area contributed by atoms with Crippen LogP contribution in [0.1, 0.15) is 103 Å². The van der Waals surface area contributed by atoms with Gasteiger partial charge in [-0.1, -0.05) is 64.7 Å². The van der Waals surface area contributed by atoms with Crippen LogP contribution < -0.4 is 0 Å². The van der Waals surface area contributed by atoms with Gasteiger partial charge in [-0.25, -0.2) is 13.2 Å². The number of rotatable bonds is 20. The summed E-state index contributed by atoms with van der Waals surface area (Å²) in [4.78, 5) is 0. The summed E-state index contributed by atoms with van der Waals surface area (Å²) in [5, 5.41) is 0. The summed E-state index contributed by atoms with van der Waals surface area (Å²) in [6, 6.07) is 1.48. The van der Waals surface area contributed by atoms with Crippen LogP contribution in [0.5, 0.6) is 0 Å². The molecule has 0 saturated heterocycles. The molecule has 0 aliphatic carbocycles. The zero-order valence-corrected chi connectivity index (χ0v) is 20.3. The molecule has 0 fully saturated rings. The largest absolute Gasteiger partial charge is 0.330 e. The fourth-order valence-corrected chi connectivity index (χ4v) is 3.83. The molecule has 32 heavy (non-hydrogen) atoms. The number of halogens is 3. The normalized spacial score (nSPS) is 12.6. The molecule has 1 aromatic carbocycles. The van der Waals surface area contributed by atoms with Crippen molar-refractivity contribution in [2.75, 3.05) is 13.2 Å². The minimum atomic E-state index is -0.882. The lowest BCUT2D eigenvalue weighted by Crippen LogP contribution is -2.27. The molecule has 1 atom stereocenters. The first kappa shape index (κ1) is 28.9. The van der Waals surface area contributed by atoms with Gasteiger partial charge in [0.2, 0.25) is 0 Å². The molecule has 1 aromatic rings. The molecule has 6 heteroatoms. The molecule has 186 valence electrons. The van der Waals surface area contributed by atoms with Gasteiger partial charge in [-0.05, 0) is 39.5 Å². The second-order valence-corrected chi connectivity index (χ2v) is 8.31. The summed E-state index contributed by atoms with van der Waals surface area (Å²) in [5.41, 5.74) is -0.0324. The van der Waals surface area contributed by atoms with E-state index in [4.69, 9.17) is 14.2 Å². The first-order chi connectivity index (χ1) is 15.5. The zero-order chi connectivity index (χ0) is 23.6. The molecule has 0 N–H and O–H groups in total. The average Bonchev–Trinajstić information content (AvgIpc) is 2.74. The molecule has 0 radical (unpaired) electrons. The van der Waals surface area contributed by atoms with Crippen molar-refractivity contribution in [2.24, 2.45) is 0 Å². The van der Waals surface area contributed by atoms with Gasteiger partial charge in [0.1, 0.15) is 17.5 Å². The molecule has 0 heterocycles. The molecule has 0 amide bonds. The summed E-state index contributed by atoms with van der Waals surface area (Å²) in [5.74, 6) is -2.50. The van der Waals surface area contributed by atoms with Crippen LogP contribution in [0.25, 0.3) is 0 Å². The van der Waals surface area contributed by atoms with Crippen LogP contribution in [0.4, 0.5) is 13.2 Å². The Hall–Kier alpha value is -1.11. The van der Waals surface area contributed by atoms with E-state index in [0.717, 1.165) is 44.2 Å². The lowest BCUT2D eigenvalue weighted by atomic mass is 10.0. The SMILES string of the molecule is CCCCCCCCCC(CCCCCc1c(F)cc(F)cc1F)OC(OCC)OCC. The van der Waals surface area contributed by atoms with E-state index in [0.29, 0.717) is 19.6 Å². The molecule has 1 unspecified atom stereocenters. The van der Waals surface area contributed by atoms with E-state index < -0.39 is 23.9 Å². The Morgan fingerprint density at radius 3 is 1.72 bits per heavy atom. The third-order valence-electron chi connectivity index (χ3n) is 5.60. The smallest absolute Gasteiger partial charge is 0.271 e. The highest BCUT2D eigenvalue weighted by Crippen LogP contribution is 2.21. The van der Waals surface area contributed by atoms with Crippen molar-refractivity contribution in [3.8, 4) is 0 Å². The Morgan fingerprint density at radius 1 is 0.688 bits per heavy atom. The molecule has 0 spiro atoms. The third kappa shape index (κ3) is 12.8. The minimum Gasteiger partial charge on any atom is -0.330 e. The standard InChI is InChI=1S/C26H43F3O3/c1-4-7-8-9-10-11-13-16-22(32-26(30-5-2)31-6-3)17-14-12-15-18-23-24(28)19-21(27)20-25(23)29/h19-20,22,26H,4-18H2,1-3H3. The summed E-state index contributed by atoms with van der Waals surface area (Å²) in [6.07, 6.45) is 13.2. The van der Waals surface area contributed by atoms with E-state index in [1.54, 1.807) is 0 Å². The Labute approximate surface area is 193 Å². The second-order valence-electron chi connectivity index (χ2n) is 8.31. The van der Waals surface area contributed by atoms with Crippen molar-refractivity contribution in [3.63, 3.8) is 0 Å². The van der Waals surface area contributed by atoms with Crippen LogP contribution in [0.15, 0.2) is 12.1 Å². The summed E-state index contributed by atoms with van der Waals surface area (Å²) in [6.45, 7) is 6.43. The van der Waals surface area contributed by atoms with E-state index in [9.17, 15) is 13.2 Å². The van der Waals surface area contributed by atoms with E-state index in [1.165, 1.54) is 38.5 Å². The van der Waals surface area contributed by atoms with Crippen LogP contribution in [-0.4, -0.2) is 25.8 Å². The average molecular weight is 461 g/mol. The molecular weight excluding hydrogens is 417 g/mol. The molecule has 0 bridgehead atoms. The zero-order valence-electron chi connectivity index (χ0n) is 20.3. The lowest BCUT2D eigenvalue weighted by Gasteiger charge is -2.24. The number of benzene rings is 1. The monoisotopic (exact) mass is 460 g/mol. The van der Waals surface area contributed by atoms with E-state index in [-0.39, 0.29) is 18.1 Å². The van der Waals surface area contributed by atoms with Crippen LogP contribution in [0.2, 0.25) is 0 Å². The van der Waals surface area contributed by atoms with Crippen molar-refractivity contribution in [1.82, 2.24) is 0 Å². The number of ether oxygens (including phenoxy) is 3. The Kier molecular flexibility index (Phi) is 16.6. The molecule has 0 aromatic heterocycles. The maximum Gasteiger partial charge on any atom is 0.271 e. The first-order valence-corrected chi connectivity index (χ1v) is 12.5. The van der Waals surface area contributed by atoms with Gasteiger partial charge >= 0.3 is 0 Å². The highest BCUT2D eigenvalue weighted by atomic mass is 19.1. The number of unbranched alkanes of at least 4 members (excludes halogenated alkanes) is 8. The predicted molar refractivity (Wildman–Crippen MR) is 123 cm³/mol. The Balaban J connectivity index is 2.42. The molecule has 0 aliphatic heterocycles.